The fourth-order valence-electron chi connectivity index (χ4n) is 2.61. The Morgan fingerprint density at radius 1 is 1.33 bits per heavy atom. The Hall–Kier alpha value is -1.50. The van der Waals surface area contributed by atoms with Crippen molar-refractivity contribution >= 4 is 5.71 Å². The van der Waals surface area contributed by atoms with Crippen molar-refractivity contribution in [2.75, 3.05) is 33.4 Å². The van der Waals surface area contributed by atoms with Gasteiger partial charge in [0.25, 0.3) is 0 Å². The number of nitrogens with zero attached hydrogens (tertiary/aromatic N) is 2. The van der Waals surface area contributed by atoms with E-state index in [-0.39, 0.29) is 11.9 Å². The van der Waals surface area contributed by atoms with E-state index in [4.69, 9.17) is 9.57 Å². The molecule has 0 radical (unpaired) electrons. The molecule has 1 aromatic carbocycles. The fourth-order valence-corrected chi connectivity index (χ4v) is 2.61. The van der Waals surface area contributed by atoms with Crippen LogP contribution in [0.2, 0.25) is 0 Å². The highest BCUT2D eigenvalue weighted by Crippen LogP contribution is 2.17. The van der Waals surface area contributed by atoms with Crippen molar-refractivity contribution in [2.24, 2.45) is 11.1 Å². The first kappa shape index (κ1) is 18.8. The third-order valence-electron chi connectivity index (χ3n) is 3.71. The van der Waals surface area contributed by atoms with E-state index in [2.05, 4.69) is 19.0 Å². The maximum absolute atomic E-state index is 13.0. The summed E-state index contributed by atoms with van der Waals surface area (Å²) in [7, 11) is 1.94. The molecule has 1 aliphatic heterocycles. The number of aliphatic hydroxyl groups is 1. The molecule has 5 nitrogen and oxygen atoms in total. The summed E-state index contributed by atoms with van der Waals surface area (Å²) in [5.74, 6) is 0.201. The molecule has 1 aromatic rings. The maximum Gasteiger partial charge on any atom is 0.145 e. The lowest BCUT2D eigenvalue weighted by Crippen LogP contribution is -2.37. The van der Waals surface area contributed by atoms with Crippen LogP contribution in [0.4, 0.5) is 4.39 Å². The van der Waals surface area contributed by atoms with E-state index in [1.54, 1.807) is 12.1 Å². The van der Waals surface area contributed by atoms with Crippen LogP contribution in [0.3, 0.4) is 0 Å². The van der Waals surface area contributed by atoms with E-state index < -0.39 is 6.10 Å². The molecule has 1 N–H and O–H groups in total. The lowest BCUT2D eigenvalue weighted by molar-refractivity contribution is 0.000361. The SMILES string of the molecule is CC(C)COC[C@H](O)CN(C)C[C@@H]1CC(c2ccc(F)cc2)=NO1. The Bertz CT molecular complexity index is 534. The van der Waals surface area contributed by atoms with Crippen LogP contribution in [-0.4, -0.2) is 61.3 Å². The molecule has 1 aliphatic rings. The van der Waals surface area contributed by atoms with Crippen LogP contribution >= 0.6 is 0 Å². The van der Waals surface area contributed by atoms with Gasteiger partial charge in [0.15, 0.2) is 0 Å². The molecule has 0 aliphatic carbocycles. The largest absolute Gasteiger partial charge is 0.390 e. The highest BCUT2D eigenvalue weighted by atomic mass is 19.1. The summed E-state index contributed by atoms with van der Waals surface area (Å²) in [5, 5.41) is 14.1. The summed E-state index contributed by atoms with van der Waals surface area (Å²) >= 11 is 0. The van der Waals surface area contributed by atoms with Gasteiger partial charge in [-0.25, -0.2) is 4.39 Å². The van der Waals surface area contributed by atoms with Crippen molar-refractivity contribution in [1.82, 2.24) is 4.90 Å². The summed E-state index contributed by atoms with van der Waals surface area (Å²) in [6, 6.07) is 6.26. The fraction of sp³-hybridized carbons (Fsp3) is 0.611. The number of aliphatic hydroxyl groups excluding tert-OH is 1. The molecule has 0 unspecified atom stereocenters. The zero-order valence-electron chi connectivity index (χ0n) is 14.6. The standard InChI is InChI=1S/C18H27FN2O3/c1-13(2)11-23-12-16(22)9-21(3)10-17-8-18(20-24-17)14-4-6-15(19)7-5-14/h4-7,13,16-17,22H,8-12H2,1-3H3/t16-,17+/m1/s1. The van der Waals surface area contributed by atoms with Gasteiger partial charge < -0.3 is 14.7 Å². The average molecular weight is 338 g/mol. The molecule has 1 heterocycles. The van der Waals surface area contributed by atoms with Gasteiger partial charge in [-0.3, -0.25) is 4.90 Å². The molecule has 2 atom stereocenters. The van der Waals surface area contributed by atoms with E-state index in [1.165, 1.54) is 12.1 Å². The zero-order chi connectivity index (χ0) is 17.5. The van der Waals surface area contributed by atoms with Gasteiger partial charge in [0.05, 0.1) is 18.4 Å². The molecular weight excluding hydrogens is 311 g/mol. The summed E-state index contributed by atoms with van der Waals surface area (Å²) in [4.78, 5) is 7.47. The molecule has 0 saturated heterocycles. The van der Waals surface area contributed by atoms with Gasteiger partial charge >= 0.3 is 0 Å². The van der Waals surface area contributed by atoms with Crippen molar-refractivity contribution in [3.8, 4) is 0 Å². The molecule has 0 amide bonds. The second-order valence-corrected chi connectivity index (χ2v) is 6.78. The summed E-state index contributed by atoms with van der Waals surface area (Å²) < 4.78 is 18.4. The van der Waals surface area contributed by atoms with Gasteiger partial charge in [0.1, 0.15) is 11.9 Å². The highest BCUT2D eigenvalue weighted by molar-refractivity contribution is 6.01. The van der Waals surface area contributed by atoms with Crippen LogP contribution in [0, 0.1) is 11.7 Å². The van der Waals surface area contributed by atoms with Crippen LogP contribution < -0.4 is 0 Å². The van der Waals surface area contributed by atoms with E-state index >= 15 is 0 Å². The first-order valence-electron chi connectivity index (χ1n) is 8.37. The lowest BCUT2D eigenvalue weighted by Gasteiger charge is -2.22. The van der Waals surface area contributed by atoms with Crippen LogP contribution in [0.1, 0.15) is 25.8 Å². The Balaban J connectivity index is 1.70. The lowest BCUT2D eigenvalue weighted by atomic mass is 10.0. The highest BCUT2D eigenvalue weighted by Gasteiger charge is 2.24. The summed E-state index contributed by atoms with van der Waals surface area (Å²) in [6.07, 6.45) is 0.0992. The first-order chi connectivity index (χ1) is 11.4. The smallest absolute Gasteiger partial charge is 0.145 e. The Labute approximate surface area is 143 Å². The minimum atomic E-state index is -0.521. The molecule has 0 bridgehead atoms. The molecule has 0 aromatic heterocycles. The van der Waals surface area contributed by atoms with Crippen LogP contribution in [0.15, 0.2) is 29.4 Å². The second-order valence-electron chi connectivity index (χ2n) is 6.78. The number of likely N-dealkylation sites (N-methyl/N-ethyl adjacent to an activating group) is 1. The Morgan fingerprint density at radius 2 is 2.04 bits per heavy atom. The average Bonchev–Trinajstić information content (AvgIpc) is 2.95. The summed E-state index contributed by atoms with van der Waals surface area (Å²) in [6.45, 7) is 6.33. The predicted octanol–water partition coefficient (Wildman–Crippen LogP) is 2.28. The molecule has 0 saturated carbocycles. The third-order valence-corrected chi connectivity index (χ3v) is 3.71. The molecule has 24 heavy (non-hydrogen) atoms. The van der Waals surface area contributed by atoms with Gasteiger partial charge in [-0.2, -0.15) is 0 Å². The van der Waals surface area contributed by atoms with Gasteiger partial charge in [-0.05, 0) is 30.7 Å². The molecule has 6 heteroatoms. The van der Waals surface area contributed by atoms with E-state index in [9.17, 15) is 9.50 Å². The summed E-state index contributed by atoms with van der Waals surface area (Å²) in [5.41, 5.74) is 1.71. The van der Waals surface area contributed by atoms with Crippen molar-refractivity contribution in [3.63, 3.8) is 0 Å². The number of hydrogen-bond acceptors (Lipinski definition) is 5. The molecular formula is C18H27FN2O3. The number of benzene rings is 1. The predicted molar refractivity (Wildman–Crippen MR) is 91.6 cm³/mol. The van der Waals surface area contributed by atoms with Gasteiger partial charge in [-0.1, -0.05) is 31.1 Å². The van der Waals surface area contributed by atoms with Crippen molar-refractivity contribution < 1.29 is 19.1 Å². The van der Waals surface area contributed by atoms with Crippen molar-refractivity contribution in [3.05, 3.63) is 35.6 Å². The van der Waals surface area contributed by atoms with E-state index in [0.717, 1.165) is 11.3 Å². The maximum atomic E-state index is 13.0. The molecule has 0 spiro atoms. The number of hydrogen-bond donors (Lipinski definition) is 1. The molecule has 134 valence electrons. The normalized spacial score (nSPS) is 18.8. The monoisotopic (exact) mass is 338 g/mol. The topological polar surface area (TPSA) is 54.3 Å². The number of ether oxygens (including phenoxy) is 1. The minimum Gasteiger partial charge on any atom is -0.390 e. The van der Waals surface area contributed by atoms with Crippen molar-refractivity contribution in [1.29, 1.82) is 0 Å². The molecule has 2 rings (SSSR count). The van der Waals surface area contributed by atoms with Crippen LogP contribution in [-0.2, 0) is 9.57 Å². The van der Waals surface area contributed by atoms with Gasteiger partial charge in [0.2, 0.25) is 0 Å². The second kappa shape index (κ2) is 9.11. The van der Waals surface area contributed by atoms with Gasteiger partial charge in [0, 0.05) is 26.1 Å². The quantitative estimate of drug-likeness (QED) is 0.751. The number of halogens is 1. The molecule has 0 fully saturated rings. The third kappa shape index (κ3) is 6.19. The Morgan fingerprint density at radius 3 is 2.71 bits per heavy atom. The first-order valence-corrected chi connectivity index (χ1v) is 8.37. The number of rotatable bonds is 9. The van der Waals surface area contributed by atoms with E-state index in [0.29, 0.717) is 38.6 Å². The van der Waals surface area contributed by atoms with E-state index in [1.807, 2.05) is 11.9 Å². The van der Waals surface area contributed by atoms with Crippen molar-refractivity contribution in [2.45, 2.75) is 32.5 Å². The van der Waals surface area contributed by atoms with Gasteiger partial charge in [-0.15, -0.1) is 0 Å². The Kier molecular flexibility index (Phi) is 7.15. The zero-order valence-corrected chi connectivity index (χ0v) is 14.6. The number of oxime groups is 1. The van der Waals surface area contributed by atoms with Crippen LogP contribution in [0.5, 0.6) is 0 Å². The minimum absolute atomic E-state index is 0.0566. The van der Waals surface area contributed by atoms with Crippen LogP contribution in [0.25, 0.3) is 0 Å².